The Hall–Kier alpha value is -1.24. The zero-order valence-corrected chi connectivity index (χ0v) is 9.41. The maximum atomic E-state index is 11.3. The number of allylic oxidation sites excluding steroid dienone is 1. The minimum atomic E-state index is 0.113. The van der Waals surface area contributed by atoms with Gasteiger partial charge in [0.15, 0.2) is 5.75 Å². The van der Waals surface area contributed by atoms with E-state index >= 15 is 0 Å². The second-order valence-corrected chi connectivity index (χ2v) is 3.79. The molecule has 1 heteroatoms. The molecule has 1 rings (SSSR count). The zero-order chi connectivity index (χ0) is 10.9. The fourth-order valence-electron chi connectivity index (χ4n) is 1.52. The van der Waals surface area contributed by atoms with Gasteiger partial charge in [0.05, 0.1) is 0 Å². The van der Waals surface area contributed by atoms with Crippen molar-refractivity contribution < 1.29 is 5.11 Å². The van der Waals surface area contributed by atoms with Gasteiger partial charge < -0.3 is 0 Å². The summed E-state index contributed by atoms with van der Waals surface area (Å²) in [6, 6.07) is 7.15. The molecule has 0 atom stereocenters. The Bertz CT molecular complexity index is 302. The van der Waals surface area contributed by atoms with Gasteiger partial charge in [-0.2, -0.15) is 0 Å². The van der Waals surface area contributed by atoms with Gasteiger partial charge in [0.1, 0.15) is 0 Å². The largest absolute Gasteiger partial charge is 0.289 e. The molecule has 1 nitrogen and oxygen atoms in total. The first-order chi connectivity index (χ1) is 7.34. The van der Waals surface area contributed by atoms with Gasteiger partial charge in [-0.25, -0.2) is 0 Å². The molecule has 81 valence electrons. The summed E-state index contributed by atoms with van der Waals surface area (Å²) in [6.07, 6.45) is 10.2. The zero-order valence-electron chi connectivity index (χ0n) is 9.41. The van der Waals surface area contributed by atoms with Crippen molar-refractivity contribution in [2.45, 2.75) is 39.0 Å². The molecule has 0 amide bonds. The second-order valence-electron chi connectivity index (χ2n) is 3.79. The predicted octanol–water partition coefficient (Wildman–Crippen LogP) is 4.81. The monoisotopic (exact) mass is 203 g/mol. The maximum Gasteiger partial charge on any atom is 0.185 e. The fraction of sp³-hybridized carbons (Fsp3) is 0.429. The number of hydrogen-bond donors (Lipinski definition) is 0. The van der Waals surface area contributed by atoms with Crippen molar-refractivity contribution in [3.63, 3.8) is 0 Å². The molecule has 1 radical (unpaired) electrons. The van der Waals surface area contributed by atoms with Crippen LogP contribution >= 0.6 is 0 Å². The number of para-hydroxylation sites is 1. The highest BCUT2D eigenvalue weighted by Crippen LogP contribution is 2.18. The molecule has 0 aliphatic rings. The molecule has 1 aromatic carbocycles. The van der Waals surface area contributed by atoms with Gasteiger partial charge in [-0.05, 0) is 18.9 Å². The van der Waals surface area contributed by atoms with Crippen molar-refractivity contribution in [2.24, 2.45) is 0 Å². The van der Waals surface area contributed by atoms with Crippen molar-refractivity contribution >= 4 is 6.08 Å². The fourth-order valence-corrected chi connectivity index (χ4v) is 1.52. The summed E-state index contributed by atoms with van der Waals surface area (Å²) in [7, 11) is 0. The third-order valence-electron chi connectivity index (χ3n) is 2.44. The van der Waals surface area contributed by atoms with E-state index in [0.717, 1.165) is 12.0 Å². The minimum Gasteiger partial charge on any atom is -0.289 e. The van der Waals surface area contributed by atoms with Gasteiger partial charge in [0.2, 0.25) is 0 Å². The van der Waals surface area contributed by atoms with E-state index in [4.69, 9.17) is 0 Å². The Balaban J connectivity index is 2.29. The van der Waals surface area contributed by atoms with Crippen molar-refractivity contribution in [3.05, 3.63) is 35.9 Å². The topological polar surface area (TPSA) is 19.9 Å². The van der Waals surface area contributed by atoms with E-state index in [9.17, 15) is 5.11 Å². The molecule has 0 N–H and O–H groups in total. The number of unbranched alkanes of at least 4 members (excludes halogenated alkanes) is 4. The van der Waals surface area contributed by atoms with Crippen LogP contribution in [-0.4, -0.2) is 0 Å². The molecule has 1 aromatic rings. The highest BCUT2D eigenvalue weighted by Gasteiger charge is 1.95. The Labute approximate surface area is 92.5 Å². The average molecular weight is 203 g/mol. The molecule has 0 fully saturated rings. The van der Waals surface area contributed by atoms with Crippen LogP contribution in [-0.2, 0) is 5.11 Å². The van der Waals surface area contributed by atoms with Crippen LogP contribution < -0.4 is 0 Å². The van der Waals surface area contributed by atoms with E-state index in [1.165, 1.54) is 25.7 Å². The van der Waals surface area contributed by atoms with Crippen molar-refractivity contribution in [1.29, 1.82) is 0 Å². The number of rotatable bonds is 6. The molecule has 0 unspecified atom stereocenters. The first-order valence-electron chi connectivity index (χ1n) is 5.77. The van der Waals surface area contributed by atoms with Crippen LogP contribution in [0.2, 0.25) is 0 Å². The van der Waals surface area contributed by atoms with E-state index in [1.54, 1.807) is 12.1 Å². The van der Waals surface area contributed by atoms with Gasteiger partial charge in [-0.1, -0.05) is 56.5 Å². The molecule has 0 aliphatic carbocycles. The van der Waals surface area contributed by atoms with Crippen LogP contribution in [0, 0.1) is 0 Å². The quantitative estimate of drug-likeness (QED) is 0.591. The Morgan fingerprint density at radius 3 is 2.67 bits per heavy atom. The lowest BCUT2D eigenvalue weighted by Crippen LogP contribution is -1.75. The lowest BCUT2D eigenvalue weighted by atomic mass is 10.1. The van der Waals surface area contributed by atoms with Crippen LogP contribution in [0.15, 0.2) is 30.3 Å². The molecule has 0 heterocycles. The summed E-state index contributed by atoms with van der Waals surface area (Å²) >= 11 is 0. The Kier molecular flexibility index (Phi) is 5.60. The molecule has 0 aromatic heterocycles. The standard InChI is InChI=1S/C14H19O/c1-2-3-4-5-6-7-10-13-11-8-9-12-14(13)15/h7-12H,2-6H2,1H3/b10-7+. The molecular formula is C14H19O. The van der Waals surface area contributed by atoms with E-state index < -0.39 is 0 Å². The second kappa shape index (κ2) is 7.10. The van der Waals surface area contributed by atoms with Crippen LogP contribution in [0.25, 0.3) is 6.08 Å². The van der Waals surface area contributed by atoms with Gasteiger partial charge in [0, 0.05) is 5.56 Å². The van der Waals surface area contributed by atoms with Crippen LogP contribution in [0.4, 0.5) is 0 Å². The van der Waals surface area contributed by atoms with E-state index in [1.807, 2.05) is 18.2 Å². The summed E-state index contributed by atoms with van der Waals surface area (Å²) in [4.78, 5) is 0. The third kappa shape index (κ3) is 4.68. The van der Waals surface area contributed by atoms with Crippen molar-refractivity contribution in [3.8, 4) is 5.75 Å². The summed E-state index contributed by atoms with van der Waals surface area (Å²) in [6.45, 7) is 2.21. The summed E-state index contributed by atoms with van der Waals surface area (Å²) in [5, 5.41) is 11.3. The van der Waals surface area contributed by atoms with Crippen molar-refractivity contribution in [1.82, 2.24) is 0 Å². The number of hydrogen-bond acceptors (Lipinski definition) is 0. The molecule has 15 heavy (non-hydrogen) atoms. The van der Waals surface area contributed by atoms with Crippen LogP contribution in [0.1, 0.15) is 44.6 Å². The molecule has 0 aliphatic heterocycles. The smallest absolute Gasteiger partial charge is 0.185 e. The van der Waals surface area contributed by atoms with Gasteiger partial charge in [-0.3, -0.25) is 5.11 Å². The van der Waals surface area contributed by atoms with Gasteiger partial charge >= 0.3 is 0 Å². The summed E-state index contributed by atoms with van der Waals surface area (Å²) < 4.78 is 0. The molecule has 0 saturated carbocycles. The SMILES string of the molecule is CCCCCC/C=C/c1ccccc1[O]. The lowest BCUT2D eigenvalue weighted by Gasteiger charge is -1.96. The summed E-state index contributed by atoms with van der Waals surface area (Å²) in [5.41, 5.74) is 0.799. The van der Waals surface area contributed by atoms with E-state index in [2.05, 4.69) is 13.0 Å². The first kappa shape index (κ1) is 11.8. The number of benzene rings is 1. The third-order valence-corrected chi connectivity index (χ3v) is 2.44. The lowest BCUT2D eigenvalue weighted by molar-refractivity contribution is 0.354. The average Bonchev–Trinajstić information content (AvgIpc) is 2.25. The minimum absolute atomic E-state index is 0.113. The first-order valence-corrected chi connectivity index (χ1v) is 5.77. The molecule has 0 bridgehead atoms. The highest BCUT2D eigenvalue weighted by atomic mass is 16.3. The molecule has 0 spiro atoms. The highest BCUT2D eigenvalue weighted by molar-refractivity contribution is 5.56. The maximum absolute atomic E-state index is 11.3. The van der Waals surface area contributed by atoms with Gasteiger partial charge in [-0.15, -0.1) is 0 Å². The Morgan fingerprint density at radius 1 is 1.13 bits per heavy atom. The van der Waals surface area contributed by atoms with E-state index in [0.29, 0.717) is 0 Å². The molecular weight excluding hydrogens is 184 g/mol. The van der Waals surface area contributed by atoms with E-state index in [-0.39, 0.29) is 5.75 Å². The van der Waals surface area contributed by atoms with Gasteiger partial charge in [0.25, 0.3) is 0 Å². The van der Waals surface area contributed by atoms with Crippen molar-refractivity contribution in [2.75, 3.05) is 0 Å². The normalized spacial score (nSPS) is 11.0. The predicted molar refractivity (Wildman–Crippen MR) is 64.4 cm³/mol. The van der Waals surface area contributed by atoms with Crippen LogP contribution in [0.3, 0.4) is 0 Å². The molecule has 0 saturated heterocycles. The summed E-state index contributed by atoms with van der Waals surface area (Å²) in [5.74, 6) is 0.113. The van der Waals surface area contributed by atoms with Crippen LogP contribution in [0.5, 0.6) is 5.75 Å². The Morgan fingerprint density at radius 2 is 1.93 bits per heavy atom.